The van der Waals surface area contributed by atoms with Gasteiger partial charge in [-0.2, -0.15) is 0 Å². The van der Waals surface area contributed by atoms with Crippen LogP contribution in [-0.2, 0) is 4.74 Å². The first-order valence-corrected chi connectivity index (χ1v) is 6.48. The Morgan fingerprint density at radius 3 is 2.83 bits per heavy atom. The minimum atomic E-state index is 0.0308. The average Bonchev–Trinajstić information content (AvgIpc) is 2.91. The van der Waals surface area contributed by atoms with Crippen molar-refractivity contribution in [3.63, 3.8) is 0 Å². The van der Waals surface area contributed by atoms with Crippen LogP contribution in [0.2, 0.25) is 0 Å². The fourth-order valence-electron chi connectivity index (χ4n) is 2.04. The van der Waals surface area contributed by atoms with Gasteiger partial charge in [0.15, 0.2) is 0 Å². The van der Waals surface area contributed by atoms with Crippen LogP contribution in [0, 0.1) is 5.92 Å². The summed E-state index contributed by atoms with van der Waals surface area (Å²) < 4.78 is 16.5. The number of benzene rings is 1. The molecule has 2 N–H and O–H groups in total. The molecule has 1 heterocycles. The third-order valence-electron chi connectivity index (χ3n) is 3.13. The highest BCUT2D eigenvalue weighted by molar-refractivity contribution is 5.32. The van der Waals surface area contributed by atoms with E-state index in [2.05, 4.69) is 0 Å². The summed E-state index contributed by atoms with van der Waals surface area (Å²) in [6.07, 6.45) is 1.03. The van der Waals surface area contributed by atoms with Crippen LogP contribution in [0.15, 0.2) is 24.3 Å². The van der Waals surface area contributed by atoms with E-state index in [9.17, 15) is 0 Å². The van der Waals surface area contributed by atoms with Crippen molar-refractivity contribution in [2.45, 2.75) is 19.4 Å². The summed E-state index contributed by atoms with van der Waals surface area (Å²) in [5.74, 6) is 2.04. The molecule has 1 fully saturated rings. The molecule has 1 aliphatic rings. The van der Waals surface area contributed by atoms with Crippen molar-refractivity contribution in [1.82, 2.24) is 0 Å². The lowest BCUT2D eigenvalue weighted by molar-refractivity contribution is 0.170. The van der Waals surface area contributed by atoms with E-state index >= 15 is 0 Å². The molecular weight excluding hydrogens is 230 g/mol. The molecule has 0 bridgehead atoms. The fourth-order valence-corrected chi connectivity index (χ4v) is 2.04. The minimum absolute atomic E-state index is 0.0308. The van der Waals surface area contributed by atoms with Crippen molar-refractivity contribution in [2.75, 3.05) is 26.4 Å². The Morgan fingerprint density at radius 1 is 1.39 bits per heavy atom. The number of hydrogen-bond donors (Lipinski definition) is 1. The lowest BCUT2D eigenvalue weighted by Gasteiger charge is -2.18. The van der Waals surface area contributed by atoms with Crippen LogP contribution in [0.3, 0.4) is 0 Å². The zero-order valence-corrected chi connectivity index (χ0v) is 10.8. The Hall–Kier alpha value is -1.26. The zero-order valence-electron chi connectivity index (χ0n) is 10.8. The maximum absolute atomic E-state index is 6.09. The van der Waals surface area contributed by atoms with Gasteiger partial charge >= 0.3 is 0 Å². The molecule has 0 spiro atoms. The van der Waals surface area contributed by atoms with Gasteiger partial charge in [0.1, 0.15) is 18.1 Å². The van der Waals surface area contributed by atoms with E-state index in [0.717, 1.165) is 31.1 Å². The molecule has 0 aromatic heterocycles. The van der Waals surface area contributed by atoms with Gasteiger partial charge in [-0.3, -0.25) is 0 Å². The summed E-state index contributed by atoms with van der Waals surface area (Å²) in [5, 5.41) is 0. The maximum atomic E-state index is 6.09. The lowest BCUT2D eigenvalue weighted by Crippen LogP contribution is -2.36. The van der Waals surface area contributed by atoms with E-state index in [4.69, 9.17) is 19.9 Å². The summed E-state index contributed by atoms with van der Waals surface area (Å²) in [6, 6.07) is 7.68. The number of ether oxygens (including phenoxy) is 3. The number of hydrogen-bond acceptors (Lipinski definition) is 4. The topological polar surface area (TPSA) is 53.7 Å². The summed E-state index contributed by atoms with van der Waals surface area (Å²) in [7, 11) is 0. The van der Waals surface area contributed by atoms with Crippen molar-refractivity contribution in [1.29, 1.82) is 0 Å². The summed E-state index contributed by atoms with van der Waals surface area (Å²) in [5.41, 5.74) is 6.09. The van der Waals surface area contributed by atoms with E-state index in [0.29, 0.717) is 19.1 Å². The van der Waals surface area contributed by atoms with Crippen LogP contribution in [0.1, 0.15) is 13.3 Å². The molecule has 4 nitrogen and oxygen atoms in total. The second-order valence-corrected chi connectivity index (χ2v) is 4.51. The van der Waals surface area contributed by atoms with E-state index < -0.39 is 0 Å². The average molecular weight is 251 g/mol. The molecule has 4 heteroatoms. The van der Waals surface area contributed by atoms with E-state index in [-0.39, 0.29) is 6.04 Å². The highest BCUT2D eigenvalue weighted by Crippen LogP contribution is 2.21. The number of rotatable bonds is 6. The van der Waals surface area contributed by atoms with Crippen molar-refractivity contribution in [3.05, 3.63) is 24.3 Å². The molecular formula is C14H21NO3. The molecule has 1 saturated heterocycles. The van der Waals surface area contributed by atoms with Crippen molar-refractivity contribution < 1.29 is 14.2 Å². The van der Waals surface area contributed by atoms with Gasteiger partial charge in [0, 0.05) is 24.6 Å². The largest absolute Gasteiger partial charge is 0.494 e. The van der Waals surface area contributed by atoms with E-state index in [1.54, 1.807) is 0 Å². The first-order chi connectivity index (χ1) is 8.79. The fraction of sp³-hybridized carbons (Fsp3) is 0.571. The standard InChI is InChI=1S/C14H21NO3/c1-2-17-12-4-3-5-13(8-12)18-10-14(15)11-6-7-16-9-11/h3-5,8,11,14H,2,6-7,9-10,15H2,1H3. The van der Waals surface area contributed by atoms with Crippen LogP contribution in [0.25, 0.3) is 0 Å². The van der Waals surface area contributed by atoms with Crippen molar-refractivity contribution in [2.24, 2.45) is 11.7 Å². The van der Waals surface area contributed by atoms with E-state index in [1.807, 2.05) is 31.2 Å². The zero-order chi connectivity index (χ0) is 12.8. The maximum Gasteiger partial charge on any atom is 0.123 e. The van der Waals surface area contributed by atoms with E-state index in [1.165, 1.54) is 0 Å². The quantitative estimate of drug-likeness (QED) is 0.838. The Labute approximate surface area is 108 Å². The first kappa shape index (κ1) is 13.2. The smallest absolute Gasteiger partial charge is 0.123 e. The van der Waals surface area contributed by atoms with Gasteiger partial charge in [-0.1, -0.05) is 6.07 Å². The van der Waals surface area contributed by atoms with Crippen LogP contribution < -0.4 is 15.2 Å². The molecule has 0 radical (unpaired) electrons. The highest BCUT2D eigenvalue weighted by Gasteiger charge is 2.23. The highest BCUT2D eigenvalue weighted by atomic mass is 16.5. The molecule has 1 aromatic rings. The van der Waals surface area contributed by atoms with Crippen molar-refractivity contribution in [3.8, 4) is 11.5 Å². The van der Waals surface area contributed by atoms with Gasteiger partial charge in [-0.15, -0.1) is 0 Å². The Bertz CT molecular complexity index is 364. The monoisotopic (exact) mass is 251 g/mol. The molecule has 0 aliphatic carbocycles. The van der Waals surface area contributed by atoms with Gasteiger partial charge in [-0.05, 0) is 25.5 Å². The molecule has 0 saturated carbocycles. The first-order valence-electron chi connectivity index (χ1n) is 6.48. The molecule has 2 rings (SSSR count). The van der Waals surface area contributed by atoms with Crippen LogP contribution in [0.5, 0.6) is 11.5 Å². The molecule has 2 atom stereocenters. The molecule has 18 heavy (non-hydrogen) atoms. The second kappa shape index (κ2) is 6.61. The molecule has 0 amide bonds. The van der Waals surface area contributed by atoms with Crippen LogP contribution >= 0.6 is 0 Å². The third-order valence-corrected chi connectivity index (χ3v) is 3.13. The normalized spacial score (nSPS) is 20.7. The number of nitrogens with two attached hydrogens (primary N) is 1. The Balaban J connectivity index is 1.83. The van der Waals surface area contributed by atoms with Gasteiger partial charge in [-0.25, -0.2) is 0 Å². The summed E-state index contributed by atoms with van der Waals surface area (Å²) in [4.78, 5) is 0. The summed E-state index contributed by atoms with van der Waals surface area (Å²) in [6.45, 7) is 4.71. The molecule has 1 aliphatic heterocycles. The summed E-state index contributed by atoms with van der Waals surface area (Å²) >= 11 is 0. The van der Waals surface area contributed by atoms with Crippen molar-refractivity contribution >= 4 is 0 Å². The molecule has 2 unspecified atom stereocenters. The van der Waals surface area contributed by atoms with Gasteiger partial charge in [0.2, 0.25) is 0 Å². The van der Waals surface area contributed by atoms with Gasteiger partial charge in [0.05, 0.1) is 13.2 Å². The Morgan fingerprint density at radius 2 is 2.17 bits per heavy atom. The SMILES string of the molecule is CCOc1cccc(OCC(N)C2CCOC2)c1. The Kier molecular flexibility index (Phi) is 4.84. The van der Waals surface area contributed by atoms with Crippen LogP contribution in [-0.4, -0.2) is 32.5 Å². The van der Waals surface area contributed by atoms with Crippen LogP contribution in [0.4, 0.5) is 0 Å². The second-order valence-electron chi connectivity index (χ2n) is 4.51. The third kappa shape index (κ3) is 3.62. The predicted molar refractivity (Wildman–Crippen MR) is 70.0 cm³/mol. The van der Waals surface area contributed by atoms with Gasteiger partial charge < -0.3 is 19.9 Å². The van der Waals surface area contributed by atoms with Gasteiger partial charge in [0.25, 0.3) is 0 Å². The minimum Gasteiger partial charge on any atom is -0.494 e. The predicted octanol–water partition coefficient (Wildman–Crippen LogP) is 1.83. The molecule has 1 aromatic carbocycles. The lowest BCUT2D eigenvalue weighted by atomic mass is 10.0. The molecule has 100 valence electrons.